The first kappa shape index (κ1) is 16.2. The summed E-state index contributed by atoms with van der Waals surface area (Å²) in [5.74, 6) is -0.0280. The van der Waals surface area contributed by atoms with E-state index < -0.39 is 8.24 Å². The van der Waals surface area contributed by atoms with E-state index >= 15 is 0 Å². The molecule has 0 unspecified atom stereocenters. The molecule has 0 atom stereocenters. The molecule has 0 spiro atoms. The lowest BCUT2D eigenvalue weighted by atomic mass is 10.1. The number of hydrogen-bond acceptors (Lipinski definition) is 3. The number of hydrogen-bond donors (Lipinski definition) is 0. The molecule has 2 rings (SSSR count). The smallest absolute Gasteiger partial charge is 0.208 e. The molecule has 22 heavy (non-hydrogen) atoms. The van der Waals surface area contributed by atoms with Gasteiger partial charge in [0.2, 0.25) is 5.78 Å². The third kappa shape index (κ3) is 3.92. The highest BCUT2D eigenvalue weighted by Gasteiger charge is 2.25. The second kappa shape index (κ2) is 6.71. The Labute approximate surface area is 133 Å². The van der Waals surface area contributed by atoms with E-state index in [-0.39, 0.29) is 5.78 Å². The number of carbonyl (C=O) groups is 1. The van der Waals surface area contributed by atoms with E-state index in [2.05, 4.69) is 24.7 Å². The van der Waals surface area contributed by atoms with Gasteiger partial charge in [0.25, 0.3) is 0 Å². The van der Waals surface area contributed by atoms with E-state index in [4.69, 9.17) is 0 Å². The van der Waals surface area contributed by atoms with Crippen LogP contribution in [0.15, 0.2) is 65.8 Å². The molecular weight excluding hydrogens is 288 g/mol. The fraction of sp³-hybridized carbons (Fsp3) is 0.222. The average Bonchev–Trinajstić information content (AvgIpc) is 2.52. The van der Waals surface area contributed by atoms with Crippen LogP contribution in [0, 0.1) is 0 Å². The lowest BCUT2D eigenvalue weighted by Crippen LogP contribution is -2.43. The first-order chi connectivity index (χ1) is 10.4. The molecule has 0 amide bonds. The Hall–Kier alpha value is -2.20. The minimum atomic E-state index is -1.74. The van der Waals surface area contributed by atoms with Crippen LogP contribution in [-0.4, -0.2) is 19.7 Å². The van der Waals surface area contributed by atoms with Crippen LogP contribution in [-0.2, 0) is 0 Å². The minimum absolute atomic E-state index is 0.0280. The molecule has 4 heteroatoms. The molecule has 114 valence electrons. The van der Waals surface area contributed by atoms with Crippen molar-refractivity contribution in [2.24, 2.45) is 5.10 Å². The van der Waals surface area contributed by atoms with E-state index in [1.165, 1.54) is 0 Å². The molecule has 2 aromatic rings. The number of ketones is 1. The van der Waals surface area contributed by atoms with Gasteiger partial charge in [0.15, 0.2) is 8.24 Å². The standard InChI is InChI=1S/C18H22N2OSi/c1-15(18(21)16-11-7-5-8-12-16)19-20(22(2,3)4)17-13-9-6-10-14-17/h5-14H,1-4H3. The van der Waals surface area contributed by atoms with Crippen LogP contribution in [0.4, 0.5) is 5.69 Å². The highest BCUT2D eigenvalue weighted by Crippen LogP contribution is 2.22. The maximum atomic E-state index is 12.5. The zero-order valence-corrected chi connectivity index (χ0v) is 14.6. The Bertz CT molecular complexity index is 660. The van der Waals surface area contributed by atoms with Crippen molar-refractivity contribution in [2.45, 2.75) is 26.6 Å². The highest BCUT2D eigenvalue weighted by molar-refractivity contribution is 6.79. The summed E-state index contributed by atoms with van der Waals surface area (Å²) < 4.78 is 2.03. The first-order valence-corrected chi connectivity index (χ1v) is 10.8. The van der Waals surface area contributed by atoms with Crippen LogP contribution >= 0.6 is 0 Å². The summed E-state index contributed by atoms with van der Waals surface area (Å²) in [7, 11) is -1.74. The average molecular weight is 310 g/mol. The fourth-order valence-electron chi connectivity index (χ4n) is 2.16. The molecule has 0 fully saturated rings. The molecule has 0 radical (unpaired) electrons. The molecular formula is C18H22N2OSi. The summed E-state index contributed by atoms with van der Waals surface area (Å²) in [6.45, 7) is 8.42. The molecule has 0 aromatic heterocycles. The van der Waals surface area contributed by atoms with Crippen LogP contribution in [0.5, 0.6) is 0 Å². The summed E-state index contributed by atoms with van der Waals surface area (Å²) in [5, 5.41) is 4.66. The topological polar surface area (TPSA) is 32.7 Å². The number of para-hydroxylation sites is 1. The second-order valence-corrected chi connectivity index (χ2v) is 11.0. The minimum Gasteiger partial charge on any atom is -0.295 e. The van der Waals surface area contributed by atoms with Crippen molar-refractivity contribution < 1.29 is 4.79 Å². The zero-order valence-electron chi connectivity index (χ0n) is 13.6. The summed E-state index contributed by atoms with van der Waals surface area (Å²) in [6.07, 6.45) is 0. The third-order valence-electron chi connectivity index (χ3n) is 3.25. The van der Waals surface area contributed by atoms with Gasteiger partial charge in [-0.05, 0) is 38.7 Å². The molecule has 0 saturated carbocycles. The van der Waals surface area contributed by atoms with Gasteiger partial charge in [0.1, 0.15) is 5.71 Å². The number of hydrazone groups is 1. The lowest BCUT2D eigenvalue weighted by Gasteiger charge is -2.32. The van der Waals surface area contributed by atoms with Gasteiger partial charge in [0, 0.05) is 11.3 Å². The number of carbonyl (C=O) groups excluding carboxylic acids is 1. The number of anilines is 1. The van der Waals surface area contributed by atoms with E-state index in [9.17, 15) is 4.79 Å². The molecule has 0 heterocycles. The van der Waals surface area contributed by atoms with Crippen molar-refractivity contribution in [3.63, 3.8) is 0 Å². The monoisotopic (exact) mass is 310 g/mol. The quantitative estimate of drug-likeness (QED) is 0.350. The van der Waals surface area contributed by atoms with Gasteiger partial charge in [-0.2, -0.15) is 5.10 Å². The molecule has 0 saturated heterocycles. The van der Waals surface area contributed by atoms with E-state index in [1.54, 1.807) is 6.92 Å². The van der Waals surface area contributed by atoms with Crippen LogP contribution in [0.1, 0.15) is 17.3 Å². The maximum absolute atomic E-state index is 12.5. The maximum Gasteiger partial charge on any atom is 0.208 e. The fourth-order valence-corrected chi connectivity index (χ4v) is 3.53. The van der Waals surface area contributed by atoms with Crippen LogP contribution in [0.3, 0.4) is 0 Å². The van der Waals surface area contributed by atoms with Crippen molar-refractivity contribution in [1.82, 2.24) is 0 Å². The molecule has 0 aliphatic carbocycles. The molecule has 0 N–H and O–H groups in total. The summed E-state index contributed by atoms with van der Waals surface area (Å²) in [4.78, 5) is 12.5. The number of benzene rings is 2. The third-order valence-corrected chi connectivity index (χ3v) is 4.88. The van der Waals surface area contributed by atoms with Crippen LogP contribution < -0.4 is 4.67 Å². The Morgan fingerprint density at radius 2 is 1.41 bits per heavy atom. The Morgan fingerprint density at radius 3 is 1.91 bits per heavy atom. The summed E-state index contributed by atoms with van der Waals surface area (Å²) >= 11 is 0. The molecule has 0 aliphatic rings. The van der Waals surface area contributed by atoms with Gasteiger partial charge in [0.05, 0.1) is 0 Å². The van der Waals surface area contributed by atoms with Crippen molar-refractivity contribution in [1.29, 1.82) is 0 Å². The van der Waals surface area contributed by atoms with Gasteiger partial charge in [-0.3, -0.25) is 9.47 Å². The van der Waals surface area contributed by atoms with E-state index in [1.807, 2.05) is 65.3 Å². The predicted molar refractivity (Wildman–Crippen MR) is 96.1 cm³/mol. The van der Waals surface area contributed by atoms with Gasteiger partial charge in [-0.1, -0.05) is 48.5 Å². The largest absolute Gasteiger partial charge is 0.295 e. The van der Waals surface area contributed by atoms with Gasteiger partial charge in [-0.15, -0.1) is 0 Å². The molecule has 3 nitrogen and oxygen atoms in total. The SMILES string of the molecule is CC(=NN(c1ccccc1)[Si](C)(C)C)C(=O)c1ccccc1. The van der Waals surface area contributed by atoms with Gasteiger partial charge >= 0.3 is 0 Å². The first-order valence-electron chi connectivity index (χ1n) is 7.40. The zero-order chi connectivity index (χ0) is 16.2. The van der Waals surface area contributed by atoms with Gasteiger partial charge in [-0.25, -0.2) is 0 Å². The van der Waals surface area contributed by atoms with E-state index in [0.29, 0.717) is 11.3 Å². The molecule has 2 aromatic carbocycles. The van der Waals surface area contributed by atoms with Crippen molar-refractivity contribution >= 4 is 25.4 Å². The van der Waals surface area contributed by atoms with E-state index in [0.717, 1.165) is 5.69 Å². The number of rotatable bonds is 5. The van der Waals surface area contributed by atoms with Crippen LogP contribution in [0.25, 0.3) is 0 Å². The summed E-state index contributed by atoms with van der Waals surface area (Å²) in [5.41, 5.74) is 2.21. The lowest BCUT2D eigenvalue weighted by molar-refractivity contribution is 0.106. The summed E-state index contributed by atoms with van der Waals surface area (Å²) in [6, 6.07) is 19.3. The van der Waals surface area contributed by atoms with Crippen molar-refractivity contribution in [3.8, 4) is 0 Å². The predicted octanol–water partition coefficient (Wildman–Crippen LogP) is 4.59. The highest BCUT2D eigenvalue weighted by atomic mass is 28.3. The van der Waals surface area contributed by atoms with Crippen molar-refractivity contribution in [3.05, 3.63) is 66.2 Å². The Balaban J connectivity index is 2.36. The number of Topliss-reactive ketones (excluding diaryl/α,β-unsaturated/α-hetero) is 1. The molecule has 0 bridgehead atoms. The Kier molecular flexibility index (Phi) is 4.93. The normalized spacial score (nSPS) is 12.1. The van der Waals surface area contributed by atoms with Gasteiger partial charge < -0.3 is 0 Å². The second-order valence-electron chi connectivity index (χ2n) is 6.20. The number of nitrogens with zero attached hydrogens (tertiary/aromatic N) is 2. The molecule has 0 aliphatic heterocycles. The van der Waals surface area contributed by atoms with Crippen molar-refractivity contribution in [2.75, 3.05) is 4.67 Å². The van der Waals surface area contributed by atoms with Crippen LogP contribution in [0.2, 0.25) is 19.6 Å². The Morgan fingerprint density at radius 1 is 0.909 bits per heavy atom.